The molecule has 0 radical (unpaired) electrons. The van der Waals surface area contributed by atoms with Crippen LogP contribution in [0.15, 0.2) is 30.3 Å². The summed E-state index contributed by atoms with van der Waals surface area (Å²) in [6, 6.07) is 10.5. The van der Waals surface area contributed by atoms with Gasteiger partial charge in [0, 0.05) is 11.3 Å². The number of hydrogen-bond acceptors (Lipinski definition) is 3. The molecule has 0 amide bonds. The highest BCUT2D eigenvalue weighted by atomic mass is 16.5. The van der Waals surface area contributed by atoms with Crippen LogP contribution in [0.1, 0.15) is 34.9 Å². The number of rotatable bonds is 6. The molecule has 0 saturated carbocycles. The van der Waals surface area contributed by atoms with Gasteiger partial charge in [-0.2, -0.15) is 0 Å². The normalized spacial score (nSPS) is 10.7. The van der Waals surface area contributed by atoms with Gasteiger partial charge in [-0.05, 0) is 37.5 Å². The van der Waals surface area contributed by atoms with Crippen LogP contribution in [-0.4, -0.2) is 12.1 Å². The van der Waals surface area contributed by atoms with Crippen LogP contribution in [0, 0.1) is 13.8 Å². The maximum Gasteiger partial charge on any atom is 0.218 e. The van der Waals surface area contributed by atoms with Crippen molar-refractivity contribution in [3.8, 4) is 5.88 Å². The Kier molecular flexibility index (Phi) is 5.34. The van der Waals surface area contributed by atoms with E-state index in [-0.39, 0.29) is 0 Å². The van der Waals surface area contributed by atoms with Crippen molar-refractivity contribution in [2.24, 2.45) is 0 Å². The second-order valence-corrected chi connectivity index (χ2v) is 5.23. The molecule has 2 aromatic rings. The molecule has 3 nitrogen and oxygen atoms in total. The Morgan fingerprint density at radius 1 is 1.00 bits per heavy atom. The Bertz CT molecular complexity index is 591. The van der Waals surface area contributed by atoms with E-state index < -0.39 is 0 Å². The molecule has 2 rings (SSSR count). The van der Waals surface area contributed by atoms with Crippen LogP contribution in [-0.2, 0) is 24.4 Å². The van der Waals surface area contributed by atoms with E-state index in [2.05, 4.69) is 49.2 Å². The molecule has 0 aliphatic heterocycles. The average Bonchev–Trinajstić information content (AvgIpc) is 2.50. The molecule has 0 spiro atoms. The van der Waals surface area contributed by atoms with Crippen molar-refractivity contribution >= 4 is 0 Å². The van der Waals surface area contributed by atoms with Gasteiger partial charge in [-0.1, -0.05) is 36.8 Å². The molecule has 0 fully saturated rings. The van der Waals surface area contributed by atoms with Gasteiger partial charge in [-0.3, -0.25) is 0 Å². The van der Waals surface area contributed by atoms with Crippen molar-refractivity contribution in [2.75, 3.05) is 7.11 Å². The number of methoxy groups -OCH3 is 1. The number of aromatic nitrogens is 1. The summed E-state index contributed by atoms with van der Waals surface area (Å²) in [5.41, 5.74) is 5.71. The number of ether oxygens (including phenoxy) is 2. The molecule has 112 valence electrons. The summed E-state index contributed by atoms with van der Waals surface area (Å²) in [5, 5.41) is 0. The van der Waals surface area contributed by atoms with Gasteiger partial charge in [0.1, 0.15) is 0 Å². The Labute approximate surface area is 126 Å². The van der Waals surface area contributed by atoms with Crippen molar-refractivity contribution < 1.29 is 9.47 Å². The van der Waals surface area contributed by atoms with Crippen molar-refractivity contribution in [2.45, 2.75) is 40.4 Å². The molecule has 21 heavy (non-hydrogen) atoms. The van der Waals surface area contributed by atoms with E-state index in [4.69, 9.17) is 9.47 Å². The molecule has 3 heteroatoms. The third kappa shape index (κ3) is 4.05. The first kappa shape index (κ1) is 15.5. The van der Waals surface area contributed by atoms with Crippen LogP contribution in [0.5, 0.6) is 5.88 Å². The Morgan fingerprint density at radius 2 is 1.71 bits per heavy atom. The molecule has 1 aromatic heterocycles. The van der Waals surface area contributed by atoms with Gasteiger partial charge in [-0.15, -0.1) is 0 Å². The maximum absolute atomic E-state index is 5.81. The zero-order valence-electron chi connectivity index (χ0n) is 13.3. The molecule has 0 N–H and O–H groups in total. The third-order valence-corrected chi connectivity index (χ3v) is 3.58. The van der Waals surface area contributed by atoms with Gasteiger partial charge in [0.05, 0.1) is 20.3 Å². The van der Waals surface area contributed by atoms with Crippen molar-refractivity contribution in [3.05, 3.63) is 58.3 Å². The number of benzene rings is 1. The predicted octanol–water partition coefficient (Wildman–Crippen LogP) is 3.99. The summed E-state index contributed by atoms with van der Waals surface area (Å²) in [4.78, 5) is 4.50. The highest BCUT2D eigenvalue weighted by Gasteiger charge is 2.09. The van der Waals surface area contributed by atoms with E-state index in [1.165, 1.54) is 16.7 Å². The Morgan fingerprint density at radius 3 is 2.33 bits per heavy atom. The lowest BCUT2D eigenvalue weighted by molar-refractivity contribution is 0.105. The topological polar surface area (TPSA) is 31.4 Å². The summed E-state index contributed by atoms with van der Waals surface area (Å²) in [6.45, 7) is 7.33. The summed E-state index contributed by atoms with van der Waals surface area (Å²) < 4.78 is 11.2. The van der Waals surface area contributed by atoms with Crippen LogP contribution < -0.4 is 4.74 Å². The lowest BCUT2D eigenvalue weighted by Gasteiger charge is -2.12. The number of pyridine rings is 1. The Balaban J connectivity index is 2.03. The molecule has 0 aliphatic rings. The second-order valence-electron chi connectivity index (χ2n) is 5.23. The van der Waals surface area contributed by atoms with Gasteiger partial charge in [0.2, 0.25) is 5.88 Å². The van der Waals surface area contributed by atoms with Crippen LogP contribution in [0.25, 0.3) is 0 Å². The number of aryl methyl sites for hydroxylation is 3. The molecule has 0 bridgehead atoms. The van der Waals surface area contributed by atoms with Crippen LogP contribution in [0.2, 0.25) is 0 Å². The quantitative estimate of drug-likeness (QED) is 0.804. The van der Waals surface area contributed by atoms with Crippen LogP contribution >= 0.6 is 0 Å². The van der Waals surface area contributed by atoms with Crippen LogP contribution in [0.4, 0.5) is 0 Å². The first-order valence-corrected chi connectivity index (χ1v) is 7.30. The highest BCUT2D eigenvalue weighted by molar-refractivity contribution is 5.33. The molecule has 1 aromatic carbocycles. The minimum absolute atomic E-state index is 0.511. The lowest BCUT2D eigenvalue weighted by Crippen LogP contribution is -2.03. The van der Waals surface area contributed by atoms with Gasteiger partial charge >= 0.3 is 0 Å². The van der Waals surface area contributed by atoms with Gasteiger partial charge in [-0.25, -0.2) is 4.98 Å². The van der Waals surface area contributed by atoms with Gasteiger partial charge < -0.3 is 9.47 Å². The third-order valence-electron chi connectivity index (χ3n) is 3.58. The van der Waals surface area contributed by atoms with E-state index in [1.807, 2.05) is 6.92 Å². The second kappa shape index (κ2) is 7.23. The minimum Gasteiger partial charge on any atom is -0.481 e. The largest absolute Gasteiger partial charge is 0.481 e. The average molecular weight is 285 g/mol. The highest BCUT2D eigenvalue weighted by Crippen LogP contribution is 2.21. The van der Waals surface area contributed by atoms with E-state index in [9.17, 15) is 0 Å². The monoisotopic (exact) mass is 285 g/mol. The molecule has 0 aliphatic carbocycles. The lowest BCUT2D eigenvalue weighted by atomic mass is 10.1. The number of hydrogen-bond donors (Lipinski definition) is 0. The fraction of sp³-hybridized carbons (Fsp3) is 0.389. The van der Waals surface area contributed by atoms with Crippen molar-refractivity contribution in [3.63, 3.8) is 0 Å². The summed E-state index contributed by atoms with van der Waals surface area (Å²) >= 11 is 0. The molecule has 1 heterocycles. The summed E-state index contributed by atoms with van der Waals surface area (Å²) in [6.07, 6.45) is 0.966. The number of nitrogens with zero attached hydrogens (tertiary/aromatic N) is 1. The van der Waals surface area contributed by atoms with Crippen molar-refractivity contribution in [1.82, 2.24) is 4.98 Å². The van der Waals surface area contributed by atoms with Gasteiger partial charge in [0.15, 0.2) is 0 Å². The fourth-order valence-corrected chi connectivity index (χ4v) is 2.27. The summed E-state index contributed by atoms with van der Waals surface area (Å²) in [5.74, 6) is 0.661. The minimum atomic E-state index is 0.511. The zero-order valence-corrected chi connectivity index (χ0v) is 13.3. The Hall–Kier alpha value is -1.87. The van der Waals surface area contributed by atoms with Gasteiger partial charge in [0.25, 0.3) is 0 Å². The predicted molar refractivity (Wildman–Crippen MR) is 84.6 cm³/mol. The molecule has 0 unspecified atom stereocenters. The fourth-order valence-electron chi connectivity index (χ4n) is 2.27. The molecule has 0 atom stereocenters. The SMILES string of the molecule is CCc1cc(COCc2ccc(C)cc2)c(OC)nc1C. The van der Waals surface area contributed by atoms with Crippen LogP contribution in [0.3, 0.4) is 0 Å². The standard InChI is InChI=1S/C18H23NO2/c1-5-16-10-17(18(20-4)19-14(16)3)12-21-11-15-8-6-13(2)7-9-15/h6-10H,5,11-12H2,1-4H3. The molecular formula is C18H23NO2. The van der Waals surface area contributed by atoms with E-state index in [0.29, 0.717) is 19.1 Å². The van der Waals surface area contributed by atoms with E-state index in [0.717, 1.165) is 17.7 Å². The van der Waals surface area contributed by atoms with E-state index >= 15 is 0 Å². The van der Waals surface area contributed by atoms with E-state index in [1.54, 1.807) is 7.11 Å². The maximum atomic E-state index is 5.81. The molecular weight excluding hydrogens is 262 g/mol. The first-order valence-electron chi connectivity index (χ1n) is 7.30. The first-order chi connectivity index (χ1) is 10.1. The molecule has 0 saturated heterocycles. The smallest absolute Gasteiger partial charge is 0.218 e. The zero-order chi connectivity index (χ0) is 15.2. The van der Waals surface area contributed by atoms with Crippen molar-refractivity contribution in [1.29, 1.82) is 0 Å². The summed E-state index contributed by atoms with van der Waals surface area (Å²) in [7, 11) is 1.65.